The highest BCUT2D eigenvalue weighted by atomic mass is 32.2. The zero-order chi connectivity index (χ0) is 19.0. The number of nitrogens with one attached hydrogen (secondary N) is 1. The first kappa shape index (κ1) is 19.9. The van der Waals surface area contributed by atoms with Crippen LogP contribution in [0.15, 0.2) is 59.5 Å². The van der Waals surface area contributed by atoms with E-state index in [1.807, 2.05) is 35.8 Å². The van der Waals surface area contributed by atoms with Gasteiger partial charge in [-0.05, 0) is 49.6 Å². The minimum absolute atomic E-state index is 0.120. The molecule has 0 saturated carbocycles. The van der Waals surface area contributed by atoms with Gasteiger partial charge in [0.2, 0.25) is 0 Å². The monoisotopic (exact) mass is 379 g/mol. The molecule has 2 aromatic carbocycles. The number of benzene rings is 2. The fourth-order valence-electron chi connectivity index (χ4n) is 2.29. The van der Waals surface area contributed by atoms with Crippen LogP contribution in [0.1, 0.15) is 18.9 Å². The molecule has 2 N–H and O–H groups in total. The Hall–Kier alpha value is -2.42. The number of rotatable bonds is 9. The molecule has 0 saturated heterocycles. The molecule has 0 fully saturated rings. The third-order valence-electron chi connectivity index (χ3n) is 3.60. The van der Waals surface area contributed by atoms with Crippen LogP contribution in [0.2, 0.25) is 0 Å². The van der Waals surface area contributed by atoms with Crippen molar-refractivity contribution in [2.75, 3.05) is 12.1 Å². The molecule has 0 amide bonds. The number of hydrogen-bond acceptors (Lipinski definition) is 7. The molecule has 0 heterocycles. The van der Waals surface area contributed by atoms with Gasteiger partial charge in [0, 0.05) is 0 Å². The van der Waals surface area contributed by atoms with E-state index < -0.39 is 22.2 Å². The Balaban J connectivity index is 2.14. The Morgan fingerprint density at radius 1 is 1.12 bits per heavy atom. The van der Waals surface area contributed by atoms with Gasteiger partial charge in [-0.25, -0.2) is 4.79 Å². The lowest BCUT2D eigenvalue weighted by atomic mass is 10.1. The largest absolute Gasteiger partial charge is 0.464 e. The van der Waals surface area contributed by atoms with Gasteiger partial charge in [0.1, 0.15) is 0 Å². The van der Waals surface area contributed by atoms with Crippen molar-refractivity contribution >= 4 is 21.8 Å². The number of anilines is 1. The summed E-state index contributed by atoms with van der Waals surface area (Å²) in [6.07, 6.45) is -0.609. The SMILES string of the molecule is CCOC(=O)[C@@H](CCc1ccccc1)OS(=O)(=O)c1ccc(NO)cc1. The maximum atomic E-state index is 12.4. The Bertz CT molecular complexity index is 805. The van der Waals surface area contributed by atoms with E-state index in [1.165, 1.54) is 24.3 Å². The fraction of sp³-hybridized carbons (Fsp3) is 0.278. The molecule has 0 unspecified atom stereocenters. The highest BCUT2D eigenvalue weighted by molar-refractivity contribution is 7.86. The second kappa shape index (κ2) is 9.33. The number of hydrogen-bond donors (Lipinski definition) is 2. The molecule has 140 valence electrons. The number of ether oxygens (including phenoxy) is 1. The molecule has 0 spiro atoms. The first-order valence-corrected chi connectivity index (χ1v) is 9.51. The van der Waals surface area contributed by atoms with Crippen LogP contribution in [-0.4, -0.2) is 32.3 Å². The summed E-state index contributed by atoms with van der Waals surface area (Å²) in [7, 11) is -4.16. The second-order valence-corrected chi connectivity index (χ2v) is 7.02. The molecule has 0 radical (unpaired) electrons. The summed E-state index contributed by atoms with van der Waals surface area (Å²) in [4.78, 5) is 12.0. The van der Waals surface area contributed by atoms with Crippen LogP contribution >= 0.6 is 0 Å². The van der Waals surface area contributed by atoms with Crippen molar-refractivity contribution in [2.45, 2.75) is 30.8 Å². The van der Waals surface area contributed by atoms with Crippen molar-refractivity contribution in [1.29, 1.82) is 0 Å². The molecule has 0 aliphatic heterocycles. The Labute approximate surface area is 152 Å². The van der Waals surface area contributed by atoms with E-state index in [-0.39, 0.29) is 17.9 Å². The lowest BCUT2D eigenvalue weighted by Gasteiger charge is -2.16. The minimum Gasteiger partial charge on any atom is -0.464 e. The van der Waals surface area contributed by atoms with Crippen molar-refractivity contribution < 1.29 is 27.3 Å². The van der Waals surface area contributed by atoms with Crippen LogP contribution in [0.25, 0.3) is 0 Å². The lowest BCUT2D eigenvalue weighted by Crippen LogP contribution is -2.30. The van der Waals surface area contributed by atoms with Crippen LogP contribution in [0, 0.1) is 0 Å². The van der Waals surface area contributed by atoms with E-state index in [2.05, 4.69) is 0 Å². The summed E-state index contributed by atoms with van der Waals surface area (Å²) >= 11 is 0. The van der Waals surface area contributed by atoms with Gasteiger partial charge in [-0.1, -0.05) is 30.3 Å². The Morgan fingerprint density at radius 3 is 2.35 bits per heavy atom. The van der Waals surface area contributed by atoms with Gasteiger partial charge in [0.05, 0.1) is 17.2 Å². The number of carbonyl (C=O) groups excluding carboxylic acids is 1. The van der Waals surface area contributed by atoms with Crippen LogP contribution in [0.5, 0.6) is 0 Å². The van der Waals surface area contributed by atoms with Gasteiger partial charge in [-0.15, -0.1) is 0 Å². The number of esters is 1. The molecular formula is C18H21NO6S. The highest BCUT2D eigenvalue weighted by Gasteiger charge is 2.28. The predicted octanol–water partition coefficient (Wildman–Crippen LogP) is 2.76. The molecule has 0 aromatic heterocycles. The summed E-state index contributed by atoms with van der Waals surface area (Å²) < 4.78 is 35.0. The maximum Gasteiger partial charge on any atom is 0.336 e. The molecule has 1 atom stereocenters. The van der Waals surface area contributed by atoms with E-state index in [9.17, 15) is 13.2 Å². The zero-order valence-corrected chi connectivity index (χ0v) is 15.1. The van der Waals surface area contributed by atoms with Crippen molar-refractivity contribution in [3.05, 3.63) is 60.2 Å². The summed E-state index contributed by atoms with van der Waals surface area (Å²) in [5.41, 5.74) is 3.20. The standard InChI is InChI=1S/C18H21NO6S/c1-2-24-18(20)17(13-8-14-6-4-3-5-7-14)25-26(22,23)16-11-9-15(19-21)10-12-16/h3-7,9-12,17,19,21H,2,8,13H2,1H3/t17-/m1/s1. The molecule has 8 heteroatoms. The second-order valence-electron chi connectivity index (χ2n) is 5.45. The van der Waals surface area contributed by atoms with Gasteiger partial charge in [-0.3, -0.25) is 14.9 Å². The van der Waals surface area contributed by atoms with Crippen molar-refractivity contribution in [2.24, 2.45) is 0 Å². The first-order chi connectivity index (χ1) is 12.5. The minimum atomic E-state index is -4.16. The van der Waals surface area contributed by atoms with E-state index >= 15 is 0 Å². The average Bonchev–Trinajstić information content (AvgIpc) is 2.66. The molecule has 7 nitrogen and oxygen atoms in total. The van der Waals surface area contributed by atoms with Crippen LogP contribution in [0.3, 0.4) is 0 Å². The average molecular weight is 379 g/mol. The third kappa shape index (κ3) is 5.55. The first-order valence-electron chi connectivity index (χ1n) is 8.10. The summed E-state index contributed by atoms with van der Waals surface area (Å²) in [6, 6.07) is 14.7. The Morgan fingerprint density at radius 2 is 1.77 bits per heavy atom. The quantitative estimate of drug-likeness (QED) is 0.392. The van der Waals surface area contributed by atoms with Crippen molar-refractivity contribution in [1.82, 2.24) is 0 Å². The smallest absolute Gasteiger partial charge is 0.336 e. The van der Waals surface area contributed by atoms with Gasteiger partial charge >= 0.3 is 5.97 Å². The number of aryl methyl sites for hydroxylation is 1. The fourth-order valence-corrected chi connectivity index (χ4v) is 3.35. The van der Waals surface area contributed by atoms with Crippen LogP contribution < -0.4 is 5.48 Å². The normalized spacial score (nSPS) is 12.4. The van der Waals surface area contributed by atoms with Crippen molar-refractivity contribution in [3.63, 3.8) is 0 Å². The van der Waals surface area contributed by atoms with E-state index in [0.29, 0.717) is 12.1 Å². The van der Waals surface area contributed by atoms with E-state index in [1.54, 1.807) is 6.92 Å². The van der Waals surface area contributed by atoms with E-state index in [4.69, 9.17) is 14.1 Å². The molecule has 0 bridgehead atoms. The topological polar surface area (TPSA) is 102 Å². The Kier molecular flexibility index (Phi) is 7.14. The van der Waals surface area contributed by atoms with Crippen molar-refractivity contribution in [3.8, 4) is 0 Å². The lowest BCUT2D eigenvalue weighted by molar-refractivity contribution is -0.151. The molecule has 26 heavy (non-hydrogen) atoms. The van der Waals surface area contributed by atoms with Gasteiger partial charge < -0.3 is 4.74 Å². The molecule has 2 rings (SSSR count). The van der Waals surface area contributed by atoms with Gasteiger partial charge in [0.25, 0.3) is 10.1 Å². The molecule has 2 aromatic rings. The van der Waals surface area contributed by atoms with Crippen LogP contribution in [-0.2, 0) is 30.3 Å². The van der Waals surface area contributed by atoms with Gasteiger partial charge in [0.15, 0.2) is 6.10 Å². The van der Waals surface area contributed by atoms with E-state index in [0.717, 1.165) is 5.56 Å². The van der Waals surface area contributed by atoms with Crippen LogP contribution in [0.4, 0.5) is 5.69 Å². The number of carbonyl (C=O) groups is 1. The molecule has 0 aliphatic rings. The molecular weight excluding hydrogens is 358 g/mol. The summed E-state index contributed by atoms with van der Waals surface area (Å²) in [5, 5.41) is 8.79. The van der Waals surface area contributed by atoms with Gasteiger partial charge in [-0.2, -0.15) is 8.42 Å². The summed E-state index contributed by atoms with van der Waals surface area (Å²) in [5.74, 6) is -0.722. The summed E-state index contributed by atoms with van der Waals surface area (Å²) in [6.45, 7) is 1.77. The third-order valence-corrected chi connectivity index (χ3v) is 4.94. The highest BCUT2D eigenvalue weighted by Crippen LogP contribution is 2.20. The zero-order valence-electron chi connectivity index (χ0n) is 14.3. The predicted molar refractivity (Wildman–Crippen MR) is 95.3 cm³/mol. The molecule has 0 aliphatic carbocycles. The maximum absolute atomic E-state index is 12.4.